The van der Waals surface area contributed by atoms with Crippen LogP contribution in [-0.4, -0.2) is 48.2 Å². The molecule has 0 amide bonds. The van der Waals surface area contributed by atoms with Gasteiger partial charge in [0.15, 0.2) is 0 Å². The first kappa shape index (κ1) is 12.8. The third kappa shape index (κ3) is 3.19. The monoisotopic (exact) mass is 240 g/mol. The Balaban J connectivity index is 1.84. The highest BCUT2D eigenvalue weighted by Crippen LogP contribution is 2.32. The number of hydrogen-bond acceptors (Lipinski definition) is 3. The van der Waals surface area contributed by atoms with Gasteiger partial charge in [-0.3, -0.25) is 4.79 Å². The van der Waals surface area contributed by atoms with E-state index in [1.807, 2.05) is 0 Å². The van der Waals surface area contributed by atoms with Gasteiger partial charge in [-0.1, -0.05) is 6.92 Å². The second kappa shape index (κ2) is 5.83. The highest BCUT2D eigenvalue weighted by molar-refractivity contribution is 5.73. The Morgan fingerprint density at radius 2 is 2.00 bits per heavy atom. The van der Waals surface area contributed by atoms with Gasteiger partial charge in [-0.15, -0.1) is 0 Å². The zero-order chi connectivity index (χ0) is 12.3. The van der Waals surface area contributed by atoms with Gasteiger partial charge in [0.2, 0.25) is 0 Å². The number of piperidine rings is 2. The van der Waals surface area contributed by atoms with Crippen LogP contribution in [0.4, 0.5) is 0 Å². The lowest BCUT2D eigenvalue weighted by Gasteiger charge is -2.38. The molecule has 0 aromatic heterocycles. The van der Waals surface area contributed by atoms with Crippen LogP contribution in [0.5, 0.6) is 0 Å². The second-order valence-electron chi connectivity index (χ2n) is 5.40. The average molecular weight is 240 g/mol. The lowest BCUT2D eigenvalue weighted by atomic mass is 9.77. The van der Waals surface area contributed by atoms with E-state index in [1.54, 1.807) is 0 Å². The molecule has 0 radical (unpaired) electrons. The van der Waals surface area contributed by atoms with Crippen molar-refractivity contribution in [2.75, 3.05) is 26.2 Å². The van der Waals surface area contributed by atoms with E-state index in [0.29, 0.717) is 5.92 Å². The molecule has 98 valence electrons. The Morgan fingerprint density at radius 3 is 2.59 bits per heavy atom. The molecule has 4 nitrogen and oxygen atoms in total. The zero-order valence-electron chi connectivity index (χ0n) is 10.7. The Kier molecular flexibility index (Phi) is 4.40. The van der Waals surface area contributed by atoms with E-state index in [1.165, 1.54) is 25.9 Å². The molecular weight excluding hydrogens is 216 g/mol. The molecule has 2 aliphatic heterocycles. The summed E-state index contributed by atoms with van der Waals surface area (Å²) < 4.78 is 0. The molecule has 2 N–H and O–H groups in total. The molecule has 0 saturated carbocycles. The topological polar surface area (TPSA) is 52.6 Å². The molecule has 2 unspecified atom stereocenters. The average Bonchev–Trinajstić information content (AvgIpc) is 2.39. The van der Waals surface area contributed by atoms with Crippen LogP contribution in [0.15, 0.2) is 0 Å². The Bertz CT molecular complexity index is 262. The van der Waals surface area contributed by atoms with Crippen molar-refractivity contribution in [3.05, 3.63) is 0 Å². The Labute approximate surface area is 103 Å². The largest absolute Gasteiger partial charge is 0.480 e. The summed E-state index contributed by atoms with van der Waals surface area (Å²) in [5.74, 6) is 0.693. The predicted molar refractivity (Wildman–Crippen MR) is 67.0 cm³/mol. The van der Waals surface area contributed by atoms with Crippen molar-refractivity contribution in [1.82, 2.24) is 10.2 Å². The van der Waals surface area contributed by atoms with Gasteiger partial charge in [-0.25, -0.2) is 0 Å². The Morgan fingerprint density at radius 1 is 1.29 bits per heavy atom. The third-order valence-corrected chi connectivity index (χ3v) is 4.49. The number of rotatable bonds is 3. The van der Waals surface area contributed by atoms with Gasteiger partial charge in [-0.05, 0) is 63.7 Å². The van der Waals surface area contributed by atoms with E-state index in [9.17, 15) is 4.79 Å². The maximum atomic E-state index is 11.0. The van der Waals surface area contributed by atoms with E-state index in [4.69, 9.17) is 5.11 Å². The smallest absolute Gasteiger partial charge is 0.320 e. The number of nitrogens with one attached hydrogen (secondary N) is 1. The molecule has 17 heavy (non-hydrogen) atoms. The van der Waals surface area contributed by atoms with Gasteiger partial charge < -0.3 is 15.3 Å². The maximum Gasteiger partial charge on any atom is 0.320 e. The number of carbonyl (C=O) groups is 1. The van der Waals surface area contributed by atoms with E-state index in [2.05, 4.69) is 17.1 Å². The normalized spacial score (nSPS) is 32.5. The minimum absolute atomic E-state index is 0.307. The molecule has 0 aliphatic carbocycles. The molecule has 4 heteroatoms. The first-order chi connectivity index (χ1) is 8.20. The maximum absolute atomic E-state index is 11.0. The Hall–Kier alpha value is -0.610. The van der Waals surface area contributed by atoms with Crippen LogP contribution in [0.25, 0.3) is 0 Å². The van der Waals surface area contributed by atoms with E-state index >= 15 is 0 Å². The molecule has 2 rings (SSSR count). The fraction of sp³-hybridized carbons (Fsp3) is 0.923. The molecule has 0 aromatic carbocycles. The summed E-state index contributed by atoms with van der Waals surface area (Å²) in [6.45, 7) is 6.63. The van der Waals surface area contributed by atoms with E-state index in [-0.39, 0.29) is 6.04 Å². The number of nitrogens with zero attached hydrogens (tertiary/aromatic N) is 1. The summed E-state index contributed by atoms with van der Waals surface area (Å²) in [7, 11) is 0. The van der Waals surface area contributed by atoms with Crippen molar-refractivity contribution >= 4 is 5.97 Å². The van der Waals surface area contributed by atoms with Crippen LogP contribution >= 0.6 is 0 Å². The molecule has 0 bridgehead atoms. The van der Waals surface area contributed by atoms with Gasteiger partial charge in [-0.2, -0.15) is 0 Å². The van der Waals surface area contributed by atoms with Crippen LogP contribution in [0.2, 0.25) is 0 Å². The van der Waals surface area contributed by atoms with Crippen LogP contribution in [-0.2, 0) is 4.79 Å². The van der Waals surface area contributed by atoms with Crippen LogP contribution in [0, 0.1) is 11.8 Å². The van der Waals surface area contributed by atoms with Crippen molar-refractivity contribution < 1.29 is 9.90 Å². The summed E-state index contributed by atoms with van der Waals surface area (Å²) >= 11 is 0. The van der Waals surface area contributed by atoms with Crippen LogP contribution in [0.1, 0.15) is 32.6 Å². The molecule has 2 fully saturated rings. The fourth-order valence-corrected chi connectivity index (χ4v) is 3.30. The SMILES string of the molecule is CCN1CCC(C2CCNC(C(=O)O)C2)CC1. The molecular formula is C13H24N2O2. The number of carboxylic acids is 1. The van der Waals surface area contributed by atoms with Gasteiger partial charge in [0.25, 0.3) is 0 Å². The molecule has 0 aromatic rings. The molecule has 2 saturated heterocycles. The second-order valence-corrected chi connectivity index (χ2v) is 5.40. The summed E-state index contributed by atoms with van der Waals surface area (Å²) in [5.41, 5.74) is 0. The zero-order valence-corrected chi connectivity index (χ0v) is 10.7. The first-order valence-corrected chi connectivity index (χ1v) is 6.89. The number of aliphatic carboxylic acids is 1. The first-order valence-electron chi connectivity index (χ1n) is 6.89. The van der Waals surface area contributed by atoms with Gasteiger partial charge in [0.05, 0.1) is 0 Å². The predicted octanol–water partition coefficient (Wildman–Crippen LogP) is 1.17. The van der Waals surface area contributed by atoms with Crippen molar-refractivity contribution in [2.24, 2.45) is 11.8 Å². The summed E-state index contributed by atoms with van der Waals surface area (Å²) in [6.07, 6.45) is 4.49. The molecule has 2 heterocycles. The summed E-state index contributed by atoms with van der Waals surface area (Å²) in [4.78, 5) is 13.5. The van der Waals surface area contributed by atoms with Crippen molar-refractivity contribution in [1.29, 1.82) is 0 Å². The fourth-order valence-electron chi connectivity index (χ4n) is 3.30. The molecule has 2 atom stereocenters. The lowest BCUT2D eigenvalue weighted by molar-refractivity contribution is -0.140. The van der Waals surface area contributed by atoms with Gasteiger partial charge >= 0.3 is 5.97 Å². The number of carboxylic acid groups (broad SMARTS) is 1. The third-order valence-electron chi connectivity index (χ3n) is 4.49. The van der Waals surface area contributed by atoms with Crippen molar-refractivity contribution in [3.63, 3.8) is 0 Å². The lowest BCUT2D eigenvalue weighted by Crippen LogP contribution is -2.46. The van der Waals surface area contributed by atoms with E-state index < -0.39 is 5.97 Å². The van der Waals surface area contributed by atoms with Crippen LogP contribution in [0.3, 0.4) is 0 Å². The quantitative estimate of drug-likeness (QED) is 0.777. The van der Waals surface area contributed by atoms with Gasteiger partial charge in [0.1, 0.15) is 6.04 Å². The van der Waals surface area contributed by atoms with Crippen LogP contribution < -0.4 is 5.32 Å². The summed E-state index contributed by atoms with van der Waals surface area (Å²) in [6, 6.07) is -0.307. The van der Waals surface area contributed by atoms with Crippen molar-refractivity contribution in [2.45, 2.75) is 38.6 Å². The molecule has 2 aliphatic rings. The van der Waals surface area contributed by atoms with E-state index in [0.717, 1.165) is 31.8 Å². The number of likely N-dealkylation sites (tertiary alicyclic amines) is 1. The highest BCUT2D eigenvalue weighted by Gasteiger charge is 2.32. The van der Waals surface area contributed by atoms with Gasteiger partial charge in [0, 0.05) is 0 Å². The minimum atomic E-state index is -0.680. The standard InChI is InChI=1S/C13H24N2O2/c1-2-15-7-4-10(5-8-15)11-3-6-14-12(9-11)13(16)17/h10-12,14H,2-9H2,1H3,(H,16,17). The minimum Gasteiger partial charge on any atom is -0.480 e. The van der Waals surface area contributed by atoms with Crippen molar-refractivity contribution in [3.8, 4) is 0 Å². The number of hydrogen-bond donors (Lipinski definition) is 2. The highest BCUT2D eigenvalue weighted by atomic mass is 16.4. The molecule has 0 spiro atoms. The summed E-state index contributed by atoms with van der Waals surface area (Å²) in [5, 5.41) is 12.2.